The topological polar surface area (TPSA) is 58.9 Å². The van der Waals surface area contributed by atoms with Gasteiger partial charge in [0, 0.05) is 23.3 Å². The van der Waals surface area contributed by atoms with Gasteiger partial charge in [0.2, 0.25) is 0 Å². The summed E-state index contributed by atoms with van der Waals surface area (Å²) in [6, 6.07) is 5.02. The molecule has 0 atom stereocenters. The number of H-pyrrole nitrogens is 1. The van der Waals surface area contributed by atoms with Gasteiger partial charge in [0.05, 0.1) is 5.52 Å². The Morgan fingerprint density at radius 2 is 2.08 bits per heavy atom. The highest BCUT2D eigenvalue weighted by Crippen LogP contribution is 2.18. The molecule has 0 aliphatic heterocycles. The zero-order valence-electron chi connectivity index (χ0n) is 7.29. The number of rotatable bonds is 0. The van der Waals surface area contributed by atoms with E-state index in [9.17, 15) is 4.79 Å². The van der Waals surface area contributed by atoms with Crippen molar-refractivity contribution in [3.05, 3.63) is 40.2 Å². The molecule has 0 spiro atoms. The number of nitrogens with one attached hydrogen (secondary N) is 1. The first kappa shape index (κ1) is 7.86. The molecule has 1 aromatic heterocycles. The fraction of sp³-hybridized carbons (Fsp3) is 0.100. The molecule has 3 heteroatoms. The van der Waals surface area contributed by atoms with Gasteiger partial charge in [-0.2, -0.15) is 0 Å². The van der Waals surface area contributed by atoms with Gasteiger partial charge in [-0.05, 0) is 24.6 Å². The minimum atomic E-state index is 0.0249. The van der Waals surface area contributed by atoms with E-state index < -0.39 is 0 Å². The first-order valence-electron chi connectivity index (χ1n) is 4.06. The summed E-state index contributed by atoms with van der Waals surface area (Å²) >= 11 is 0. The van der Waals surface area contributed by atoms with Crippen molar-refractivity contribution in [1.29, 1.82) is 0 Å². The van der Waals surface area contributed by atoms with Gasteiger partial charge in [-0.25, -0.2) is 0 Å². The zero-order chi connectivity index (χ0) is 9.42. The molecule has 0 aliphatic carbocycles. The van der Waals surface area contributed by atoms with Crippen LogP contribution < -0.4 is 11.2 Å². The monoisotopic (exact) mass is 174 g/mol. The number of nitrogens with two attached hydrogens (primary N) is 1. The Balaban J connectivity index is 3.03. The van der Waals surface area contributed by atoms with Crippen molar-refractivity contribution in [1.82, 2.24) is 4.98 Å². The van der Waals surface area contributed by atoms with Gasteiger partial charge in [0.1, 0.15) is 0 Å². The van der Waals surface area contributed by atoms with Crippen LogP contribution in [0.4, 0.5) is 5.69 Å². The highest BCUT2D eigenvalue weighted by Gasteiger charge is 2.02. The van der Waals surface area contributed by atoms with Crippen LogP contribution in [0.3, 0.4) is 0 Å². The Bertz CT molecular complexity index is 514. The molecule has 3 N–H and O–H groups in total. The van der Waals surface area contributed by atoms with Gasteiger partial charge in [0.15, 0.2) is 5.43 Å². The smallest absolute Gasteiger partial charge is 0.189 e. The normalized spacial score (nSPS) is 10.5. The van der Waals surface area contributed by atoms with Crippen LogP contribution in [0.2, 0.25) is 0 Å². The number of aryl methyl sites for hydroxylation is 1. The van der Waals surface area contributed by atoms with E-state index in [-0.39, 0.29) is 5.43 Å². The molecular formula is C10H10N2O. The summed E-state index contributed by atoms with van der Waals surface area (Å²) in [7, 11) is 0. The number of fused-ring (bicyclic) bond motifs is 1. The van der Waals surface area contributed by atoms with Gasteiger partial charge < -0.3 is 10.7 Å². The van der Waals surface area contributed by atoms with Crippen molar-refractivity contribution >= 4 is 16.6 Å². The molecule has 2 aromatic rings. The number of hydrogen-bond acceptors (Lipinski definition) is 2. The molecule has 0 saturated carbocycles. The third-order valence-corrected chi connectivity index (χ3v) is 2.23. The largest absolute Gasteiger partial charge is 0.398 e. The number of hydrogen-bond donors (Lipinski definition) is 2. The average Bonchev–Trinajstić information content (AvgIpc) is 2.12. The van der Waals surface area contributed by atoms with Crippen molar-refractivity contribution in [2.24, 2.45) is 0 Å². The Morgan fingerprint density at radius 3 is 2.85 bits per heavy atom. The number of aromatic amines is 1. The third-order valence-electron chi connectivity index (χ3n) is 2.23. The second-order valence-corrected chi connectivity index (χ2v) is 3.04. The molecule has 1 heterocycles. The first-order valence-corrected chi connectivity index (χ1v) is 4.06. The van der Waals surface area contributed by atoms with Crippen LogP contribution in [0.15, 0.2) is 29.2 Å². The van der Waals surface area contributed by atoms with Crippen LogP contribution in [0, 0.1) is 6.92 Å². The Morgan fingerprint density at radius 1 is 1.31 bits per heavy atom. The quantitative estimate of drug-likeness (QED) is 0.593. The number of aromatic nitrogens is 1. The molecule has 0 aliphatic rings. The summed E-state index contributed by atoms with van der Waals surface area (Å²) in [6.45, 7) is 1.90. The van der Waals surface area contributed by atoms with E-state index in [1.165, 1.54) is 6.07 Å². The summed E-state index contributed by atoms with van der Waals surface area (Å²) in [6.07, 6.45) is 1.64. The number of nitrogen functional groups attached to an aromatic ring is 1. The number of benzene rings is 1. The van der Waals surface area contributed by atoms with Gasteiger partial charge in [0.25, 0.3) is 0 Å². The number of pyridine rings is 1. The maximum absolute atomic E-state index is 11.4. The van der Waals surface area contributed by atoms with Gasteiger partial charge >= 0.3 is 0 Å². The molecule has 2 rings (SSSR count). The highest BCUT2D eigenvalue weighted by molar-refractivity contribution is 5.85. The summed E-state index contributed by atoms with van der Waals surface area (Å²) in [5, 5.41) is 0.689. The van der Waals surface area contributed by atoms with Gasteiger partial charge in [-0.15, -0.1) is 0 Å². The summed E-state index contributed by atoms with van der Waals surface area (Å²) < 4.78 is 0. The molecule has 0 fully saturated rings. The molecule has 0 radical (unpaired) electrons. The lowest BCUT2D eigenvalue weighted by molar-refractivity contribution is 1.35. The second kappa shape index (κ2) is 2.62. The van der Waals surface area contributed by atoms with Gasteiger partial charge in [-0.1, -0.05) is 0 Å². The summed E-state index contributed by atoms with van der Waals surface area (Å²) in [4.78, 5) is 14.4. The third kappa shape index (κ3) is 1.09. The highest BCUT2D eigenvalue weighted by atomic mass is 16.1. The maximum atomic E-state index is 11.4. The standard InChI is InChI=1S/C10H10N2O/c1-6-8(11)3-2-7-9(13)4-5-12-10(6)7/h2-5H,11H2,1H3,(H,12,13). The van der Waals surface area contributed by atoms with Gasteiger partial charge in [-0.3, -0.25) is 4.79 Å². The molecule has 66 valence electrons. The second-order valence-electron chi connectivity index (χ2n) is 3.04. The first-order chi connectivity index (χ1) is 6.20. The van der Waals surface area contributed by atoms with Crippen LogP contribution in [0.25, 0.3) is 10.9 Å². The summed E-state index contributed by atoms with van der Waals surface area (Å²) in [5.41, 5.74) is 8.19. The molecule has 0 amide bonds. The van der Waals surface area contributed by atoms with E-state index in [2.05, 4.69) is 4.98 Å². The SMILES string of the molecule is Cc1c(N)ccc2c(=O)cc[nH]c12. The number of anilines is 1. The molecular weight excluding hydrogens is 164 g/mol. The van der Waals surface area contributed by atoms with Crippen molar-refractivity contribution < 1.29 is 0 Å². The lowest BCUT2D eigenvalue weighted by Crippen LogP contribution is -2.02. The van der Waals surface area contributed by atoms with E-state index in [0.29, 0.717) is 11.1 Å². The summed E-state index contributed by atoms with van der Waals surface area (Å²) in [5.74, 6) is 0. The molecule has 1 aromatic carbocycles. The molecule has 0 unspecified atom stereocenters. The van der Waals surface area contributed by atoms with E-state index >= 15 is 0 Å². The lowest BCUT2D eigenvalue weighted by Gasteiger charge is -2.03. The van der Waals surface area contributed by atoms with E-state index in [0.717, 1.165) is 11.1 Å². The van der Waals surface area contributed by atoms with Crippen LogP contribution in [-0.2, 0) is 0 Å². The van der Waals surface area contributed by atoms with Crippen LogP contribution in [0.1, 0.15) is 5.56 Å². The van der Waals surface area contributed by atoms with Crippen molar-refractivity contribution in [3.63, 3.8) is 0 Å². The fourth-order valence-corrected chi connectivity index (χ4v) is 1.41. The Labute approximate surface area is 75.2 Å². The van der Waals surface area contributed by atoms with E-state index in [1.54, 1.807) is 18.3 Å². The van der Waals surface area contributed by atoms with Crippen molar-refractivity contribution in [3.8, 4) is 0 Å². The Kier molecular flexibility index (Phi) is 1.59. The maximum Gasteiger partial charge on any atom is 0.189 e. The predicted octanol–water partition coefficient (Wildman–Crippen LogP) is 1.42. The van der Waals surface area contributed by atoms with Crippen molar-refractivity contribution in [2.75, 3.05) is 5.73 Å². The van der Waals surface area contributed by atoms with E-state index in [1.807, 2.05) is 6.92 Å². The minimum Gasteiger partial charge on any atom is -0.398 e. The molecule has 13 heavy (non-hydrogen) atoms. The molecule has 0 bridgehead atoms. The van der Waals surface area contributed by atoms with E-state index in [4.69, 9.17) is 5.73 Å². The average molecular weight is 174 g/mol. The van der Waals surface area contributed by atoms with Crippen LogP contribution in [0.5, 0.6) is 0 Å². The van der Waals surface area contributed by atoms with Crippen LogP contribution in [-0.4, -0.2) is 4.98 Å². The molecule has 3 nitrogen and oxygen atoms in total. The molecule has 0 saturated heterocycles. The van der Waals surface area contributed by atoms with Crippen molar-refractivity contribution in [2.45, 2.75) is 6.92 Å². The lowest BCUT2D eigenvalue weighted by atomic mass is 10.1. The minimum absolute atomic E-state index is 0.0249. The Hall–Kier alpha value is -1.77. The zero-order valence-corrected chi connectivity index (χ0v) is 7.29. The fourth-order valence-electron chi connectivity index (χ4n) is 1.41. The predicted molar refractivity (Wildman–Crippen MR) is 53.7 cm³/mol. The van der Waals surface area contributed by atoms with Crippen LogP contribution >= 0.6 is 0 Å².